The first kappa shape index (κ1) is 13.9. The maximum Gasteiger partial charge on any atom is 0.256 e. The van der Waals surface area contributed by atoms with Gasteiger partial charge in [0.15, 0.2) is 0 Å². The van der Waals surface area contributed by atoms with Gasteiger partial charge < -0.3 is 15.5 Å². The number of nitrogens with zero attached hydrogens (tertiary/aromatic N) is 1. The number of halogens is 1. The van der Waals surface area contributed by atoms with Gasteiger partial charge in [-0.3, -0.25) is 4.79 Å². The van der Waals surface area contributed by atoms with E-state index in [9.17, 15) is 14.4 Å². The zero-order valence-electron chi connectivity index (χ0n) is 11.7. The number of nitriles is 1. The Bertz CT molecular complexity index is 893. The maximum atomic E-state index is 13.5. The predicted octanol–water partition coefficient (Wildman–Crippen LogP) is 2.04. The lowest BCUT2D eigenvalue weighted by Gasteiger charge is -2.25. The van der Waals surface area contributed by atoms with Gasteiger partial charge in [0, 0.05) is 11.8 Å². The Labute approximate surface area is 125 Å². The van der Waals surface area contributed by atoms with E-state index >= 15 is 0 Å². The Morgan fingerprint density at radius 3 is 2.86 bits per heavy atom. The molecule has 3 rings (SSSR count). The highest BCUT2D eigenvalue weighted by Gasteiger charge is 2.33. The number of rotatable bonds is 1. The van der Waals surface area contributed by atoms with Crippen molar-refractivity contribution in [1.82, 2.24) is 4.98 Å². The normalized spacial score (nSPS) is 16.7. The van der Waals surface area contributed by atoms with Crippen molar-refractivity contribution in [3.8, 4) is 11.8 Å². The van der Waals surface area contributed by atoms with E-state index in [1.54, 1.807) is 19.1 Å². The quantitative estimate of drug-likeness (QED) is 0.842. The molecule has 0 amide bonds. The van der Waals surface area contributed by atoms with Crippen LogP contribution in [0.2, 0.25) is 0 Å². The minimum Gasteiger partial charge on any atom is -0.440 e. The molecular weight excluding hydrogens is 285 g/mol. The molecule has 110 valence electrons. The Balaban J connectivity index is 2.32. The number of H-pyrrole nitrogens is 1. The summed E-state index contributed by atoms with van der Waals surface area (Å²) in [5.74, 6) is -1.000. The number of ether oxygens (including phenoxy) is 1. The monoisotopic (exact) mass is 297 g/mol. The van der Waals surface area contributed by atoms with Crippen LogP contribution >= 0.6 is 0 Å². The van der Waals surface area contributed by atoms with Crippen LogP contribution in [0.4, 0.5) is 4.39 Å². The highest BCUT2D eigenvalue weighted by molar-refractivity contribution is 5.54. The number of hydrogen-bond acceptors (Lipinski definition) is 4. The Hall–Kier alpha value is -3.07. The van der Waals surface area contributed by atoms with Crippen molar-refractivity contribution in [1.29, 1.82) is 5.26 Å². The van der Waals surface area contributed by atoms with E-state index in [1.807, 2.05) is 6.07 Å². The number of aromatic nitrogens is 1. The van der Waals surface area contributed by atoms with Crippen molar-refractivity contribution in [3.63, 3.8) is 0 Å². The molecule has 0 aliphatic carbocycles. The number of nitrogens with one attached hydrogen (secondary N) is 1. The van der Waals surface area contributed by atoms with E-state index in [0.29, 0.717) is 11.3 Å². The van der Waals surface area contributed by atoms with Crippen LogP contribution in [-0.4, -0.2) is 4.98 Å². The van der Waals surface area contributed by atoms with Gasteiger partial charge in [0.1, 0.15) is 23.2 Å². The predicted molar refractivity (Wildman–Crippen MR) is 77.5 cm³/mol. The zero-order valence-corrected chi connectivity index (χ0v) is 11.7. The molecule has 0 bridgehead atoms. The molecule has 0 saturated carbocycles. The number of pyridine rings is 1. The molecule has 0 fully saturated rings. The number of fused-ring (bicyclic) bond motifs is 1. The summed E-state index contributed by atoms with van der Waals surface area (Å²) in [6, 6.07) is 9.33. The topological polar surface area (TPSA) is 91.9 Å². The van der Waals surface area contributed by atoms with Crippen LogP contribution in [0, 0.1) is 24.1 Å². The van der Waals surface area contributed by atoms with Crippen LogP contribution in [0.3, 0.4) is 0 Å². The average Bonchev–Trinajstić information content (AvgIpc) is 2.45. The fraction of sp³-hybridized carbons (Fsp3) is 0.125. The lowest BCUT2D eigenvalue weighted by molar-refractivity contribution is 0.391. The van der Waals surface area contributed by atoms with E-state index in [1.165, 1.54) is 18.2 Å². The first-order chi connectivity index (χ1) is 10.5. The van der Waals surface area contributed by atoms with Gasteiger partial charge >= 0.3 is 0 Å². The highest BCUT2D eigenvalue weighted by atomic mass is 19.1. The van der Waals surface area contributed by atoms with Crippen LogP contribution < -0.4 is 16.0 Å². The lowest BCUT2D eigenvalue weighted by atomic mass is 9.84. The smallest absolute Gasteiger partial charge is 0.256 e. The largest absolute Gasteiger partial charge is 0.440 e. The summed E-state index contributed by atoms with van der Waals surface area (Å²) in [5.41, 5.74) is 6.83. The van der Waals surface area contributed by atoms with Crippen LogP contribution in [-0.2, 0) is 0 Å². The molecular formula is C16H12FN3O2. The molecule has 0 radical (unpaired) electrons. The molecule has 3 N–H and O–H groups in total. The van der Waals surface area contributed by atoms with Gasteiger partial charge in [-0.25, -0.2) is 4.39 Å². The first-order valence-electron chi connectivity index (χ1n) is 6.58. The molecule has 5 nitrogen and oxygen atoms in total. The van der Waals surface area contributed by atoms with E-state index in [2.05, 4.69) is 4.98 Å². The molecule has 2 heterocycles. The van der Waals surface area contributed by atoms with Gasteiger partial charge in [0.05, 0.1) is 11.5 Å². The summed E-state index contributed by atoms with van der Waals surface area (Å²) in [4.78, 5) is 15.0. The highest BCUT2D eigenvalue weighted by Crippen LogP contribution is 2.40. The van der Waals surface area contributed by atoms with Crippen molar-refractivity contribution in [2.45, 2.75) is 12.8 Å². The molecule has 1 aliphatic heterocycles. The van der Waals surface area contributed by atoms with Gasteiger partial charge in [0.25, 0.3) is 5.56 Å². The lowest BCUT2D eigenvalue weighted by Crippen LogP contribution is -2.28. The molecule has 6 heteroatoms. The van der Waals surface area contributed by atoms with Crippen molar-refractivity contribution in [2.75, 3.05) is 0 Å². The van der Waals surface area contributed by atoms with Gasteiger partial charge in [-0.2, -0.15) is 5.26 Å². The molecule has 1 aromatic heterocycles. The SMILES string of the molecule is Cc1cc2c(c(=O)[nH]1)[C@@H](c1cccc(F)c1)C(C#N)=C(N)O2. The number of allylic oxidation sites excluding steroid dienone is 1. The number of benzene rings is 1. The Morgan fingerprint density at radius 1 is 1.41 bits per heavy atom. The molecule has 1 aromatic carbocycles. The summed E-state index contributed by atoms with van der Waals surface area (Å²) in [5, 5.41) is 9.36. The van der Waals surface area contributed by atoms with Gasteiger partial charge in [0.2, 0.25) is 5.88 Å². The summed E-state index contributed by atoms with van der Waals surface area (Å²) >= 11 is 0. The summed E-state index contributed by atoms with van der Waals surface area (Å²) in [6.07, 6.45) is 0. The third-order valence-corrected chi connectivity index (χ3v) is 3.53. The van der Waals surface area contributed by atoms with Crippen LogP contribution in [0.5, 0.6) is 5.75 Å². The van der Waals surface area contributed by atoms with Gasteiger partial charge in [-0.1, -0.05) is 12.1 Å². The van der Waals surface area contributed by atoms with Crippen LogP contribution in [0.25, 0.3) is 0 Å². The van der Waals surface area contributed by atoms with E-state index in [-0.39, 0.29) is 28.3 Å². The van der Waals surface area contributed by atoms with E-state index < -0.39 is 11.7 Å². The molecule has 0 saturated heterocycles. The van der Waals surface area contributed by atoms with Crippen molar-refractivity contribution in [3.05, 3.63) is 74.8 Å². The van der Waals surface area contributed by atoms with Crippen molar-refractivity contribution in [2.24, 2.45) is 5.73 Å². The van der Waals surface area contributed by atoms with Crippen molar-refractivity contribution >= 4 is 0 Å². The van der Waals surface area contributed by atoms with Gasteiger partial charge in [-0.05, 0) is 24.6 Å². The summed E-state index contributed by atoms with van der Waals surface area (Å²) in [7, 11) is 0. The second kappa shape index (κ2) is 5.04. The molecule has 2 aromatic rings. The minimum atomic E-state index is -0.756. The zero-order chi connectivity index (χ0) is 15.9. The number of nitrogens with two attached hydrogens (primary N) is 1. The molecule has 1 aliphatic rings. The van der Waals surface area contributed by atoms with Gasteiger partial charge in [-0.15, -0.1) is 0 Å². The molecule has 0 unspecified atom stereocenters. The molecule has 1 atom stereocenters. The maximum absolute atomic E-state index is 13.5. The first-order valence-corrected chi connectivity index (χ1v) is 6.58. The summed E-state index contributed by atoms with van der Waals surface area (Å²) in [6.45, 7) is 1.71. The summed E-state index contributed by atoms with van der Waals surface area (Å²) < 4.78 is 18.9. The second-order valence-corrected chi connectivity index (χ2v) is 5.04. The standard InChI is InChI=1S/C16H12FN3O2/c1-8-5-12-14(16(21)20-8)13(11(7-18)15(19)22-12)9-3-2-4-10(17)6-9/h2-6,13H,19H2,1H3,(H,20,21)/t13-/m0/s1. The number of aryl methyl sites for hydroxylation is 1. The fourth-order valence-corrected chi connectivity index (χ4v) is 2.63. The third kappa shape index (κ3) is 2.13. The van der Waals surface area contributed by atoms with E-state index in [0.717, 1.165) is 0 Å². The fourth-order valence-electron chi connectivity index (χ4n) is 2.63. The van der Waals surface area contributed by atoms with Crippen LogP contribution in [0.1, 0.15) is 22.7 Å². The van der Waals surface area contributed by atoms with Crippen molar-refractivity contribution < 1.29 is 9.13 Å². The minimum absolute atomic E-state index is 0.0748. The van der Waals surface area contributed by atoms with Crippen LogP contribution in [0.15, 0.2) is 46.6 Å². The second-order valence-electron chi connectivity index (χ2n) is 5.04. The Morgan fingerprint density at radius 2 is 2.18 bits per heavy atom. The Kier molecular flexibility index (Phi) is 3.18. The number of hydrogen-bond donors (Lipinski definition) is 2. The molecule has 0 spiro atoms. The third-order valence-electron chi connectivity index (χ3n) is 3.53. The number of aromatic amines is 1. The molecule has 22 heavy (non-hydrogen) atoms. The van der Waals surface area contributed by atoms with E-state index in [4.69, 9.17) is 10.5 Å². The average molecular weight is 297 g/mol.